The van der Waals surface area contributed by atoms with Crippen molar-refractivity contribution in [1.29, 1.82) is 0 Å². The van der Waals surface area contributed by atoms with Gasteiger partial charge in [-0.25, -0.2) is 0 Å². The number of hydrogen-bond acceptors (Lipinski definition) is 1. The molecular weight excluding hydrogens is 248 g/mol. The second-order valence-corrected chi connectivity index (χ2v) is 6.36. The summed E-state index contributed by atoms with van der Waals surface area (Å²) in [6, 6.07) is 0. The van der Waals surface area contributed by atoms with Crippen molar-refractivity contribution < 1.29 is 9.90 Å². The van der Waals surface area contributed by atoms with E-state index in [1.807, 2.05) is 0 Å². The molecule has 0 saturated heterocycles. The zero-order valence-electron chi connectivity index (χ0n) is 13.8. The quantitative estimate of drug-likeness (QED) is 0.364. The van der Waals surface area contributed by atoms with Gasteiger partial charge < -0.3 is 5.11 Å². The molecule has 2 heteroatoms. The molecule has 0 spiro atoms. The predicted molar refractivity (Wildman–Crippen MR) is 87.1 cm³/mol. The summed E-state index contributed by atoms with van der Waals surface area (Å²) >= 11 is 0. The zero-order valence-corrected chi connectivity index (χ0v) is 13.8. The van der Waals surface area contributed by atoms with Crippen molar-refractivity contribution in [2.45, 2.75) is 104 Å². The lowest BCUT2D eigenvalue weighted by molar-refractivity contribution is -0.137. The molecule has 0 amide bonds. The third-order valence-corrected chi connectivity index (χ3v) is 4.14. The summed E-state index contributed by atoms with van der Waals surface area (Å²) in [7, 11) is 0. The van der Waals surface area contributed by atoms with E-state index in [9.17, 15) is 4.79 Å². The van der Waals surface area contributed by atoms with E-state index < -0.39 is 5.97 Å². The first-order valence-corrected chi connectivity index (χ1v) is 8.88. The third-order valence-electron chi connectivity index (χ3n) is 4.14. The van der Waals surface area contributed by atoms with Crippen molar-refractivity contribution in [3.05, 3.63) is 0 Å². The van der Waals surface area contributed by atoms with Crippen LogP contribution in [0, 0.1) is 5.92 Å². The van der Waals surface area contributed by atoms with Gasteiger partial charge in [-0.1, -0.05) is 90.9 Å². The fourth-order valence-corrected chi connectivity index (χ4v) is 2.70. The minimum Gasteiger partial charge on any atom is -0.481 e. The summed E-state index contributed by atoms with van der Waals surface area (Å²) in [6.45, 7) is 4.67. The van der Waals surface area contributed by atoms with Gasteiger partial charge in [0.15, 0.2) is 0 Å². The maximum absolute atomic E-state index is 10.3. The molecule has 0 bridgehead atoms. The second-order valence-electron chi connectivity index (χ2n) is 6.36. The van der Waals surface area contributed by atoms with E-state index in [1.54, 1.807) is 0 Å². The maximum Gasteiger partial charge on any atom is 0.303 e. The molecule has 120 valence electrons. The Bertz CT molecular complexity index is 213. The van der Waals surface area contributed by atoms with E-state index >= 15 is 0 Å². The number of rotatable bonds is 15. The van der Waals surface area contributed by atoms with E-state index in [0.29, 0.717) is 6.42 Å². The van der Waals surface area contributed by atoms with Crippen LogP contribution in [-0.2, 0) is 4.79 Å². The van der Waals surface area contributed by atoms with Crippen LogP contribution < -0.4 is 0 Å². The molecule has 2 nitrogen and oxygen atoms in total. The molecule has 0 saturated carbocycles. The van der Waals surface area contributed by atoms with Crippen LogP contribution in [0.15, 0.2) is 0 Å². The predicted octanol–water partition coefficient (Wildman–Crippen LogP) is 6.19. The van der Waals surface area contributed by atoms with Crippen LogP contribution >= 0.6 is 0 Å². The highest BCUT2D eigenvalue weighted by molar-refractivity contribution is 5.66. The lowest BCUT2D eigenvalue weighted by Crippen LogP contribution is -1.94. The molecule has 0 aromatic rings. The number of unbranched alkanes of at least 4 members (excludes halogenated alkanes) is 9. The summed E-state index contributed by atoms with van der Waals surface area (Å²) in [5.41, 5.74) is 0. The molecule has 0 heterocycles. The minimum absolute atomic E-state index is 0.343. The molecule has 0 radical (unpaired) electrons. The molecule has 1 atom stereocenters. The van der Waals surface area contributed by atoms with Crippen LogP contribution in [0.1, 0.15) is 104 Å². The van der Waals surface area contributed by atoms with Gasteiger partial charge in [-0.05, 0) is 12.3 Å². The van der Waals surface area contributed by atoms with Gasteiger partial charge in [0.05, 0.1) is 0 Å². The van der Waals surface area contributed by atoms with Gasteiger partial charge in [-0.3, -0.25) is 4.79 Å². The van der Waals surface area contributed by atoms with E-state index in [2.05, 4.69) is 13.8 Å². The Labute approximate surface area is 126 Å². The summed E-state index contributed by atoms with van der Waals surface area (Å²) in [5, 5.41) is 8.52. The Kier molecular flexibility index (Phi) is 14.5. The molecule has 20 heavy (non-hydrogen) atoms. The highest BCUT2D eigenvalue weighted by atomic mass is 16.4. The standard InChI is InChI=1S/C18H36O2/c1-3-4-14-17(2)15-12-10-8-6-5-7-9-11-13-16-18(19)20/h17H,3-16H2,1-2H3,(H,19,20). The highest BCUT2D eigenvalue weighted by Crippen LogP contribution is 2.17. The monoisotopic (exact) mass is 284 g/mol. The Hall–Kier alpha value is -0.530. The molecule has 0 aliphatic heterocycles. The molecule has 0 aliphatic rings. The molecule has 0 fully saturated rings. The average Bonchev–Trinajstić information content (AvgIpc) is 2.42. The van der Waals surface area contributed by atoms with Crippen LogP contribution in [-0.4, -0.2) is 11.1 Å². The fourth-order valence-electron chi connectivity index (χ4n) is 2.70. The SMILES string of the molecule is CCCCC(C)CCCCCCCCCCCC(=O)O. The van der Waals surface area contributed by atoms with Crippen molar-refractivity contribution >= 4 is 5.97 Å². The van der Waals surface area contributed by atoms with Gasteiger partial charge in [0, 0.05) is 6.42 Å². The van der Waals surface area contributed by atoms with E-state index in [-0.39, 0.29) is 0 Å². The van der Waals surface area contributed by atoms with Crippen LogP contribution in [0.5, 0.6) is 0 Å². The van der Waals surface area contributed by atoms with Crippen LogP contribution in [0.25, 0.3) is 0 Å². The smallest absolute Gasteiger partial charge is 0.303 e. The highest BCUT2D eigenvalue weighted by Gasteiger charge is 2.01. The molecular formula is C18H36O2. The minimum atomic E-state index is -0.654. The van der Waals surface area contributed by atoms with Gasteiger partial charge in [-0.2, -0.15) is 0 Å². The van der Waals surface area contributed by atoms with Crippen LogP contribution in [0.3, 0.4) is 0 Å². The first-order valence-electron chi connectivity index (χ1n) is 8.88. The van der Waals surface area contributed by atoms with Crippen LogP contribution in [0.2, 0.25) is 0 Å². The number of carbonyl (C=O) groups is 1. The van der Waals surface area contributed by atoms with Crippen LogP contribution in [0.4, 0.5) is 0 Å². The maximum atomic E-state index is 10.3. The van der Waals surface area contributed by atoms with E-state index in [1.165, 1.54) is 70.6 Å². The summed E-state index contributed by atoms with van der Waals surface area (Å²) in [4.78, 5) is 10.3. The number of hydrogen-bond donors (Lipinski definition) is 1. The molecule has 1 unspecified atom stereocenters. The third kappa shape index (κ3) is 15.5. The van der Waals surface area contributed by atoms with Crippen molar-refractivity contribution in [2.75, 3.05) is 0 Å². The average molecular weight is 284 g/mol. The summed E-state index contributed by atoms with van der Waals surface area (Å²) in [5.74, 6) is 0.266. The molecule has 0 aromatic carbocycles. The van der Waals surface area contributed by atoms with Gasteiger partial charge >= 0.3 is 5.97 Å². The van der Waals surface area contributed by atoms with Gasteiger partial charge in [0.2, 0.25) is 0 Å². The molecule has 0 aliphatic carbocycles. The van der Waals surface area contributed by atoms with Crippen molar-refractivity contribution in [1.82, 2.24) is 0 Å². The Morgan fingerprint density at radius 3 is 1.75 bits per heavy atom. The summed E-state index contributed by atoms with van der Waals surface area (Å²) < 4.78 is 0. The summed E-state index contributed by atoms with van der Waals surface area (Å²) in [6.07, 6.45) is 17.2. The fraction of sp³-hybridized carbons (Fsp3) is 0.944. The van der Waals surface area contributed by atoms with Crippen molar-refractivity contribution in [3.63, 3.8) is 0 Å². The van der Waals surface area contributed by atoms with Gasteiger partial charge in [-0.15, -0.1) is 0 Å². The molecule has 1 N–H and O–H groups in total. The number of aliphatic carboxylic acids is 1. The normalized spacial score (nSPS) is 12.5. The van der Waals surface area contributed by atoms with Crippen molar-refractivity contribution in [3.8, 4) is 0 Å². The molecule has 0 aromatic heterocycles. The van der Waals surface area contributed by atoms with E-state index in [0.717, 1.165) is 18.8 Å². The van der Waals surface area contributed by atoms with Gasteiger partial charge in [0.25, 0.3) is 0 Å². The molecule has 0 rings (SSSR count). The largest absolute Gasteiger partial charge is 0.481 e. The number of carboxylic acids is 1. The Morgan fingerprint density at radius 1 is 0.800 bits per heavy atom. The van der Waals surface area contributed by atoms with Crippen molar-refractivity contribution in [2.24, 2.45) is 5.92 Å². The lowest BCUT2D eigenvalue weighted by Gasteiger charge is -2.10. The second kappa shape index (κ2) is 14.9. The number of carboxylic acid groups (broad SMARTS) is 1. The Morgan fingerprint density at radius 2 is 1.25 bits per heavy atom. The Balaban J connectivity index is 3.07. The van der Waals surface area contributed by atoms with Gasteiger partial charge in [0.1, 0.15) is 0 Å². The van der Waals surface area contributed by atoms with E-state index in [4.69, 9.17) is 5.11 Å². The topological polar surface area (TPSA) is 37.3 Å². The first kappa shape index (κ1) is 19.5. The lowest BCUT2D eigenvalue weighted by atomic mass is 9.97. The first-order chi connectivity index (χ1) is 9.66. The zero-order chi connectivity index (χ0) is 15.1.